The predicted molar refractivity (Wildman–Crippen MR) is 109 cm³/mol. The van der Waals surface area contributed by atoms with Crippen LogP contribution in [0.4, 0.5) is 0 Å². The topological polar surface area (TPSA) is 97.6 Å². The third-order valence-electron chi connectivity index (χ3n) is 4.83. The molecule has 4 rings (SSSR count). The van der Waals surface area contributed by atoms with Gasteiger partial charge in [0.15, 0.2) is 6.61 Å². The van der Waals surface area contributed by atoms with Crippen LogP contribution in [-0.2, 0) is 17.6 Å². The molecule has 7 nitrogen and oxygen atoms in total. The first kappa shape index (κ1) is 19.2. The summed E-state index contributed by atoms with van der Waals surface area (Å²) in [6, 6.07) is 8.34. The Bertz CT molecular complexity index is 1120. The van der Waals surface area contributed by atoms with Crippen molar-refractivity contribution in [3.05, 3.63) is 61.6 Å². The minimum absolute atomic E-state index is 0.289. The van der Waals surface area contributed by atoms with Crippen LogP contribution in [0.2, 0.25) is 0 Å². The molecule has 1 aromatic carbocycles. The molecule has 150 valence electrons. The summed E-state index contributed by atoms with van der Waals surface area (Å²) in [5, 5.41) is 0.798. The second-order valence-electron chi connectivity index (χ2n) is 6.96. The molecule has 29 heavy (non-hydrogen) atoms. The number of amides is 2. The molecule has 1 aliphatic rings. The maximum Gasteiger partial charge on any atom is 0.336 e. The van der Waals surface area contributed by atoms with Gasteiger partial charge in [0.1, 0.15) is 11.3 Å². The van der Waals surface area contributed by atoms with Gasteiger partial charge in [-0.15, -0.1) is 11.3 Å². The number of thiophene rings is 1. The monoisotopic (exact) mass is 412 g/mol. The lowest BCUT2D eigenvalue weighted by Crippen LogP contribution is -2.43. The van der Waals surface area contributed by atoms with Gasteiger partial charge in [-0.1, -0.05) is 0 Å². The SMILES string of the molecule is Cc1cc(=O)oc2cc(OCC(=O)NNC(=O)c3cc4c(s3)CCCC4)ccc12. The van der Waals surface area contributed by atoms with Crippen LogP contribution < -0.4 is 21.2 Å². The molecule has 3 aromatic rings. The average Bonchev–Trinajstić information content (AvgIpc) is 3.14. The van der Waals surface area contributed by atoms with Crippen molar-refractivity contribution in [3.63, 3.8) is 0 Å². The van der Waals surface area contributed by atoms with Gasteiger partial charge in [-0.05, 0) is 61.9 Å². The molecular formula is C21H20N2O5S. The standard InChI is InChI=1S/C21H20N2O5S/c1-12-8-20(25)28-16-10-14(6-7-15(12)16)27-11-19(24)22-23-21(26)18-9-13-4-2-3-5-17(13)29-18/h6-10H,2-5,11H2,1H3,(H,22,24)(H,23,26). The number of ether oxygens (including phenoxy) is 1. The molecule has 1 aliphatic carbocycles. The highest BCUT2D eigenvalue weighted by molar-refractivity contribution is 7.14. The van der Waals surface area contributed by atoms with Crippen LogP contribution in [0.5, 0.6) is 5.75 Å². The number of rotatable bonds is 4. The van der Waals surface area contributed by atoms with Crippen molar-refractivity contribution in [2.24, 2.45) is 0 Å². The van der Waals surface area contributed by atoms with Gasteiger partial charge in [-0.2, -0.15) is 0 Å². The number of benzene rings is 1. The summed E-state index contributed by atoms with van der Waals surface area (Å²) in [6.45, 7) is 1.53. The molecule has 0 aliphatic heterocycles. The van der Waals surface area contributed by atoms with Crippen LogP contribution in [0.15, 0.2) is 39.5 Å². The van der Waals surface area contributed by atoms with E-state index in [1.165, 1.54) is 27.8 Å². The van der Waals surface area contributed by atoms with E-state index >= 15 is 0 Å². The molecule has 2 aromatic heterocycles. The maximum atomic E-state index is 12.3. The zero-order chi connectivity index (χ0) is 20.4. The molecule has 0 atom stereocenters. The summed E-state index contributed by atoms with van der Waals surface area (Å²) in [4.78, 5) is 37.6. The van der Waals surface area contributed by atoms with E-state index in [0.717, 1.165) is 36.6 Å². The number of carbonyl (C=O) groups excluding carboxylic acids is 2. The van der Waals surface area contributed by atoms with E-state index < -0.39 is 11.5 Å². The smallest absolute Gasteiger partial charge is 0.336 e. The Morgan fingerprint density at radius 3 is 2.79 bits per heavy atom. The third kappa shape index (κ3) is 4.32. The summed E-state index contributed by atoms with van der Waals surface area (Å²) in [5.74, 6) is -0.440. The normalized spacial score (nSPS) is 13.0. The van der Waals surface area contributed by atoms with Crippen molar-refractivity contribution in [1.82, 2.24) is 10.9 Å². The number of hydrazine groups is 1. The lowest BCUT2D eigenvalue weighted by Gasteiger charge is -2.09. The highest BCUT2D eigenvalue weighted by atomic mass is 32.1. The van der Waals surface area contributed by atoms with E-state index in [1.807, 2.05) is 13.0 Å². The molecule has 2 amide bonds. The molecule has 0 saturated heterocycles. The zero-order valence-corrected chi connectivity index (χ0v) is 16.7. The van der Waals surface area contributed by atoms with Crippen LogP contribution in [0.1, 0.15) is 38.5 Å². The highest BCUT2D eigenvalue weighted by Crippen LogP contribution is 2.29. The number of carbonyl (C=O) groups is 2. The van der Waals surface area contributed by atoms with Gasteiger partial charge in [-0.25, -0.2) is 4.79 Å². The first-order valence-corrected chi connectivity index (χ1v) is 10.2. The van der Waals surface area contributed by atoms with Crippen molar-refractivity contribution in [2.45, 2.75) is 32.6 Å². The fraction of sp³-hybridized carbons (Fsp3) is 0.286. The van der Waals surface area contributed by atoms with Crippen molar-refractivity contribution < 1.29 is 18.7 Å². The van der Waals surface area contributed by atoms with Crippen molar-refractivity contribution in [1.29, 1.82) is 0 Å². The molecule has 0 bridgehead atoms. The van der Waals surface area contributed by atoms with E-state index in [0.29, 0.717) is 16.2 Å². The van der Waals surface area contributed by atoms with Gasteiger partial charge < -0.3 is 9.15 Å². The van der Waals surface area contributed by atoms with Gasteiger partial charge in [0.25, 0.3) is 11.8 Å². The number of nitrogens with one attached hydrogen (secondary N) is 2. The fourth-order valence-corrected chi connectivity index (χ4v) is 4.52. The maximum absolute atomic E-state index is 12.3. The number of hydrogen-bond acceptors (Lipinski definition) is 6. The molecule has 2 heterocycles. The van der Waals surface area contributed by atoms with E-state index in [4.69, 9.17) is 9.15 Å². The second kappa shape index (κ2) is 8.08. The summed E-state index contributed by atoms with van der Waals surface area (Å²) >= 11 is 1.48. The first-order chi connectivity index (χ1) is 14.0. The molecule has 0 spiro atoms. The minimum Gasteiger partial charge on any atom is -0.484 e. The van der Waals surface area contributed by atoms with Crippen molar-refractivity contribution >= 4 is 34.1 Å². The highest BCUT2D eigenvalue weighted by Gasteiger charge is 2.17. The minimum atomic E-state index is -0.495. The van der Waals surface area contributed by atoms with Gasteiger partial charge in [-0.3, -0.25) is 20.4 Å². The Hall–Kier alpha value is -3.13. The predicted octanol–water partition coefficient (Wildman–Crippen LogP) is 2.88. The third-order valence-corrected chi connectivity index (χ3v) is 6.06. The van der Waals surface area contributed by atoms with Crippen LogP contribution in [-0.4, -0.2) is 18.4 Å². The summed E-state index contributed by atoms with van der Waals surface area (Å²) in [6.07, 6.45) is 4.32. The molecule has 0 unspecified atom stereocenters. The molecule has 2 N–H and O–H groups in total. The Kier molecular flexibility index (Phi) is 5.35. The van der Waals surface area contributed by atoms with E-state index in [2.05, 4.69) is 10.9 Å². The number of hydrogen-bond donors (Lipinski definition) is 2. The van der Waals surface area contributed by atoms with Crippen LogP contribution in [0, 0.1) is 6.92 Å². The van der Waals surface area contributed by atoms with Crippen LogP contribution in [0.3, 0.4) is 0 Å². The quantitative estimate of drug-likeness (QED) is 0.507. The van der Waals surface area contributed by atoms with Gasteiger partial charge in [0, 0.05) is 22.4 Å². The first-order valence-electron chi connectivity index (χ1n) is 9.38. The fourth-order valence-electron chi connectivity index (χ4n) is 3.37. The lowest BCUT2D eigenvalue weighted by molar-refractivity contribution is -0.123. The lowest BCUT2D eigenvalue weighted by atomic mass is 9.99. The Labute approximate surface area is 170 Å². The Balaban J connectivity index is 1.32. The second-order valence-corrected chi connectivity index (χ2v) is 8.10. The zero-order valence-electron chi connectivity index (χ0n) is 15.9. The largest absolute Gasteiger partial charge is 0.484 e. The molecular weight excluding hydrogens is 392 g/mol. The van der Waals surface area contributed by atoms with Gasteiger partial charge in [0.2, 0.25) is 0 Å². The van der Waals surface area contributed by atoms with E-state index in [1.54, 1.807) is 18.2 Å². The summed E-state index contributed by atoms with van der Waals surface area (Å²) in [5.41, 5.74) is 6.77. The van der Waals surface area contributed by atoms with E-state index in [-0.39, 0.29) is 12.5 Å². The molecule has 0 fully saturated rings. The van der Waals surface area contributed by atoms with Crippen LogP contribution in [0.25, 0.3) is 11.0 Å². The number of aryl methyl sites for hydroxylation is 3. The van der Waals surface area contributed by atoms with E-state index in [9.17, 15) is 14.4 Å². The summed E-state index contributed by atoms with van der Waals surface area (Å²) in [7, 11) is 0. The summed E-state index contributed by atoms with van der Waals surface area (Å²) < 4.78 is 10.6. The average molecular weight is 412 g/mol. The van der Waals surface area contributed by atoms with Crippen molar-refractivity contribution in [3.8, 4) is 5.75 Å². The molecule has 8 heteroatoms. The van der Waals surface area contributed by atoms with Crippen LogP contribution >= 0.6 is 11.3 Å². The number of fused-ring (bicyclic) bond motifs is 2. The van der Waals surface area contributed by atoms with Crippen molar-refractivity contribution in [2.75, 3.05) is 6.61 Å². The Morgan fingerprint density at radius 2 is 1.97 bits per heavy atom. The molecule has 0 radical (unpaired) electrons. The van der Waals surface area contributed by atoms with Gasteiger partial charge in [0.05, 0.1) is 4.88 Å². The Morgan fingerprint density at radius 1 is 1.14 bits per heavy atom. The molecule has 0 saturated carbocycles. The van der Waals surface area contributed by atoms with Gasteiger partial charge >= 0.3 is 5.63 Å².